The van der Waals surface area contributed by atoms with Crippen LogP contribution in [0.2, 0.25) is 0 Å². The van der Waals surface area contributed by atoms with Gasteiger partial charge in [0.25, 0.3) is 0 Å². The van der Waals surface area contributed by atoms with Crippen LogP contribution in [0.3, 0.4) is 0 Å². The van der Waals surface area contributed by atoms with Crippen molar-refractivity contribution in [2.24, 2.45) is 0 Å². The number of hydrogen-bond acceptors (Lipinski definition) is 11. The van der Waals surface area contributed by atoms with E-state index in [0.29, 0.717) is 22.5 Å². The zero-order valence-corrected chi connectivity index (χ0v) is 64.2. The Kier molecular flexibility index (Phi) is 19.5. The van der Waals surface area contributed by atoms with Crippen molar-refractivity contribution < 1.29 is 70.9 Å². The Morgan fingerprint density at radius 2 is 0.703 bits per heavy atom. The summed E-state index contributed by atoms with van der Waals surface area (Å²) >= 11 is 0. The van der Waals surface area contributed by atoms with Crippen molar-refractivity contribution in [1.82, 2.24) is 19.9 Å². The quantitative estimate of drug-likeness (QED) is 0.0473. The van der Waals surface area contributed by atoms with Crippen molar-refractivity contribution in [3.63, 3.8) is 0 Å². The molecule has 16 aromatic rings. The lowest BCUT2D eigenvalue weighted by Gasteiger charge is -2.41. The lowest BCUT2D eigenvalue weighted by atomic mass is 9.63. The van der Waals surface area contributed by atoms with Gasteiger partial charge in [0.2, 0.25) is 0 Å². The molecular formula is C96H68BF9N4O7S. The maximum atomic E-state index is 14.0. The molecule has 22 heteroatoms. The summed E-state index contributed by atoms with van der Waals surface area (Å²) in [7, 11) is -7.46. The highest BCUT2D eigenvalue weighted by Crippen LogP contribution is 2.59. The summed E-state index contributed by atoms with van der Waals surface area (Å²) in [5.74, 6) is -12.3. The summed E-state index contributed by atoms with van der Waals surface area (Å²) in [6, 6.07) is 108. The summed E-state index contributed by atoms with van der Waals surface area (Å²) in [5, 5.41) is -3.42. The molecule has 3 aliphatic rings. The second-order valence-electron chi connectivity index (χ2n) is 29.8. The first kappa shape index (κ1) is 77.6. The number of hydrogen-bond donors (Lipinski definition) is 0. The van der Waals surface area contributed by atoms with E-state index in [9.17, 15) is 47.9 Å². The zero-order chi connectivity index (χ0) is 82.2. The number of nitrogens with zero attached hydrogens (tertiary/aromatic N) is 4. The molecule has 0 N–H and O–H groups in total. The van der Waals surface area contributed by atoms with Crippen LogP contribution in [-0.2, 0) is 30.3 Å². The molecule has 11 nitrogen and oxygen atoms in total. The topological polar surface area (TPSA) is 132 Å². The summed E-state index contributed by atoms with van der Waals surface area (Å²) in [4.78, 5) is 18.4. The van der Waals surface area contributed by atoms with Crippen LogP contribution < -0.4 is 19.1 Å². The Bertz CT molecular complexity index is 6540. The Labute approximate surface area is 673 Å². The van der Waals surface area contributed by atoms with Crippen molar-refractivity contribution in [3.05, 3.63) is 384 Å². The number of para-hydroxylation sites is 4. The predicted molar refractivity (Wildman–Crippen MR) is 440 cm³/mol. The average molecular weight is 1600 g/mol. The third-order valence-corrected chi connectivity index (χ3v) is 23.6. The van der Waals surface area contributed by atoms with Crippen LogP contribution in [0.4, 0.5) is 39.5 Å². The molecule has 0 atom stereocenters. The summed E-state index contributed by atoms with van der Waals surface area (Å²) < 4.78 is 171. The van der Waals surface area contributed by atoms with Gasteiger partial charge < -0.3 is 23.0 Å². The standard InChI is InChI=1S/C43H28N2O.C31H29BO3.C22H11F9N2O3S/c1-2-13-34(14-3-1)43(36-15-4-6-17-39(36)46-40-18-7-5-16-37(40)43)35-24-21-29(22-25-35)32-10-8-11-33(28-32)38-26-23-31-20-19-30-12-9-27-44-41(30)42(31)45-38;1-29(2)30(3,4)35-32(34-29)24-20-18-23(19-21-24)31(22-12-6-5-7-13-22)25-14-8-10-16-27(25)33-28-17-11-9-15-26(28)31;23-19(24,21(27,28)29)20(25,26)22(30,31)37(34,35)36-15-5-1-3-14(11-15)16-9-8-13-7-6-12-4-2-10-32-17(12)18(13)33-16/h1-28H;5-21H,1-4H3;1-11H. The van der Waals surface area contributed by atoms with Gasteiger partial charge in [-0.1, -0.05) is 261 Å². The average Bonchev–Trinajstić information content (AvgIpc) is 0.879. The maximum absolute atomic E-state index is 14.0. The third-order valence-electron chi connectivity index (χ3n) is 22.3. The highest BCUT2D eigenvalue weighted by Gasteiger charge is 2.86. The van der Waals surface area contributed by atoms with Crippen LogP contribution in [0, 0.1) is 0 Å². The number of alkyl halides is 9. The molecule has 12 aromatic carbocycles. The van der Waals surface area contributed by atoms with Crippen LogP contribution in [0.25, 0.3) is 77.3 Å². The van der Waals surface area contributed by atoms with E-state index in [-0.39, 0.29) is 22.5 Å². The summed E-state index contributed by atoms with van der Waals surface area (Å²) in [6.07, 6.45) is -3.84. The lowest BCUT2D eigenvalue weighted by Crippen LogP contribution is -2.63. The molecule has 0 spiro atoms. The van der Waals surface area contributed by atoms with Crippen LogP contribution in [0.5, 0.6) is 28.7 Å². The molecule has 0 bridgehead atoms. The van der Waals surface area contributed by atoms with Gasteiger partial charge in [0.1, 0.15) is 28.7 Å². The molecule has 0 radical (unpaired) electrons. The van der Waals surface area contributed by atoms with Gasteiger partial charge in [0, 0.05) is 67.3 Å². The van der Waals surface area contributed by atoms with Crippen molar-refractivity contribution in [1.29, 1.82) is 0 Å². The number of ether oxygens (including phenoxy) is 2. The molecule has 7 heterocycles. The van der Waals surface area contributed by atoms with Gasteiger partial charge >= 0.3 is 40.5 Å². The molecule has 1 fully saturated rings. The predicted octanol–water partition coefficient (Wildman–Crippen LogP) is 23.7. The van der Waals surface area contributed by atoms with Crippen molar-refractivity contribution in [2.45, 2.75) is 73.0 Å². The van der Waals surface area contributed by atoms with Gasteiger partial charge in [-0.05, 0) is 133 Å². The van der Waals surface area contributed by atoms with Crippen LogP contribution in [0.1, 0.15) is 72.2 Å². The maximum Gasteiger partial charge on any atom is 0.494 e. The molecule has 3 aliphatic heterocycles. The third kappa shape index (κ3) is 13.2. The monoisotopic (exact) mass is 1600 g/mol. The van der Waals surface area contributed by atoms with E-state index in [0.717, 1.165) is 112 Å². The Morgan fingerprint density at radius 3 is 1.14 bits per heavy atom. The Morgan fingerprint density at radius 1 is 0.339 bits per heavy atom. The molecule has 0 aliphatic carbocycles. The lowest BCUT2D eigenvalue weighted by molar-refractivity contribution is -0.382. The van der Waals surface area contributed by atoms with Crippen LogP contribution >= 0.6 is 0 Å². The molecule has 4 aromatic heterocycles. The molecular weight excluding hydrogens is 1530 g/mol. The molecule has 1 saturated heterocycles. The first-order chi connectivity index (χ1) is 56.6. The molecule has 0 saturated carbocycles. The molecule has 118 heavy (non-hydrogen) atoms. The van der Waals surface area contributed by atoms with Gasteiger partial charge in [0.15, 0.2) is 0 Å². The van der Waals surface area contributed by atoms with E-state index in [1.54, 1.807) is 30.3 Å². The minimum absolute atomic E-state index is 0.0123. The number of rotatable bonds is 13. The number of fused-ring (bicyclic) bond motifs is 10. The molecule has 586 valence electrons. The fourth-order valence-corrected chi connectivity index (χ4v) is 16.7. The van der Waals surface area contributed by atoms with Gasteiger partial charge in [-0.25, -0.2) is 9.97 Å². The van der Waals surface area contributed by atoms with E-state index in [1.165, 1.54) is 40.6 Å². The second-order valence-corrected chi connectivity index (χ2v) is 31.4. The van der Waals surface area contributed by atoms with Gasteiger partial charge in [-0.15, -0.1) is 0 Å². The van der Waals surface area contributed by atoms with E-state index >= 15 is 0 Å². The fourth-order valence-electron chi connectivity index (χ4n) is 15.8. The van der Waals surface area contributed by atoms with E-state index in [2.05, 4.69) is 283 Å². The van der Waals surface area contributed by atoms with E-state index in [1.807, 2.05) is 36.5 Å². The summed E-state index contributed by atoms with van der Waals surface area (Å²) in [5.41, 5.74) is 15.7. The Balaban J connectivity index is 0.000000128. The zero-order valence-electron chi connectivity index (χ0n) is 63.4. The number of pyridine rings is 4. The van der Waals surface area contributed by atoms with Crippen LogP contribution in [0.15, 0.2) is 340 Å². The minimum Gasteiger partial charge on any atom is -0.457 e. The fraction of sp³-hybridized carbons (Fsp3) is 0.125. The minimum atomic E-state index is -7.40. The van der Waals surface area contributed by atoms with Crippen molar-refractivity contribution in [3.8, 4) is 62.4 Å². The highest BCUT2D eigenvalue weighted by molar-refractivity contribution is 7.88. The number of halogens is 9. The smallest absolute Gasteiger partial charge is 0.457 e. The van der Waals surface area contributed by atoms with Crippen molar-refractivity contribution >= 4 is 66.3 Å². The first-order valence-corrected chi connectivity index (χ1v) is 39.1. The molecule has 19 rings (SSSR count). The normalized spacial score (nSPS) is 15.0. The SMILES string of the molecule is CC1(C)OB(c2ccc(C3(c4ccccc4)c4ccccc4Oc4ccccc43)cc2)OC1(C)C.O=S(=O)(Oc1cccc(-c2ccc3ccc4cccnc4c3n2)c1)C(F)(F)C(F)(F)C(F)(F)C(F)(F)F.c1ccc(C2(c3ccc(-c4cccc(-c5ccc6ccc7cccnc7c6n5)c4)cc3)c3ccccc3Oc3ccccc32)cc1. The second kappa shape index (κ2) is 29.6. The van der Waals surface area contributed by atoms with Gasteiger partial charge in [-0.3, -0.25) is 9.97 Å². The summed E-state index contributed by atoms with van der Waals surface area (Å²) in [6.45, 7) is 8.34. The van der Waals surface area contributed by atoms with Gasteiger partial charge in [-0.2, -0.15) is 47.9 Å². The van der Waals surface area contributed by atoms with E-state index in [4.69, 9.17) is 23.8 Å². The van der Waals surface area contributed by atoms with E-state index < -0.39 is 57.1 Å². The Hall–Kier alpha value is -13.0. The number of aromatic nitrogens is 4. The number of benzene rings is 12. The molecule has 0 unspecified atom stereocenters. The molecule has 0 amide bonds. The first-order valence-electron chi connectivity index (χ1n) is 37.7. The highest BCUT2D eigenvalue weighted by atomic mass is 32.2. The largest absolute Gasteiger partial charge is 0.494 e. The van der Waals surface area contributed by atoms with Crippen LogP contribution in [-0.4, -0.2) is 70.0 Å². The van der Waals surface area contributed by atoms with Gasteiger partial charge in [0.05, 0.1) is 55.5 Å². The van der Waals surface area contributed by atoms with Crippen molar-refractivity contribution in [2.75, 3.05) is 0 Å².